The monoisotopic (exact) mass is 241 g/mol. The molecule has 7 nitrogen and oxygen atoms in total. The molecule has 0 saturated heterocycles. The van der Waals surface area contributed by atoms with Gasteiger partial charge in [0.05, 0.1) is 19.3 Å². The normalized spacial score (nSPS) is 10.5. The maximum atomic E-state index is 12.0. The van der Waals surface area contributed by atoms with Gasteiger partial charge in [-0.15, -0.1) is 5.10 Å². The molecule has 1 amide bonds. The van der Waals surface area contributed by atoms with Crippen LogP contribution in [0.25, 0.3) is 0 Å². The molecule has 0 fully saturated rings. The summed E-state index contributed by atoms with van der Waals surface area (Å²) in [4.78, 5) is 13.7. The van der Waals surface area contributed by atoms with Crippen molar-refractivity contribution < 1.29 is 9.53 Å². The summed E-state index contributed by atoms with van der Waals surface area (Å²) in [5.41, 5.74) is 5.74. The molecule has 96 valence electrons. The van der Waals surface area contributed by atoms with Crippen molar-refractivity contribution in [1.29, 1.82) is 0 Å². The average molecular weight is 241 g/mol. The lowest BCUT2D eigenvalue weighted by Crippen LogP contribution is -2.33. The second kappa shape index (κ2) is 6.97. The first-order valence-electron chi connectivity index (χ1n) is 5.61. The smallest absolute Gasteiger partial charge is 0.276 e. The largest absolute Gasteiger partial charge is 0.383 e. The molecule has 0 saturated carbocycles. The number of nitrogens with two attached hydrogens (primary N) is 1. The minimum absolute atomic E-state index is 0.132. The first kappa shape index (κ1) is 13.6. The van der Waals surface area contributed by atoms with Crippen LogP contribution in [0.15, 0.2) is 6.20 Å². The topological polar surface area (TPSA) is 86.3 Å². The van der Waals surface area contributed by atoms with Crippen molar-refractivity contribution in [3.8, 4) is 0 Å². The van der Waals surface area contributed by atoms with Crippen LogP contribution in [0.4, 0.5) is 0 Å². The van der Waals surface area contributed by atoms with Gasteiger partial charge in [0.2, 0.25) is 0 Å². The van der Waals surface area contributed by atoms with E-state index in [0.29, 0.717) is 38.5 Å². The molecule has 0 aromatic carbocycles. The van der Waals surface area contributed by atoms with E-state index in [0.717, 1.165) is 0 Å². The number of nitrogens with zero attached hydrogens (tertiary/aromatic N) is 4. The Bertz CT molecular complexity index is 352. The summed E-state index contributed by atoms with van der Waals surface area (Å²) in [6.07, 6.45) is 1.62. The van der Waals surface area contributed by atoms with Crippen LogP contribution in [0.2, 0.25) is 0 Å². The van der Waals surface area contributed by atoms with Gasteiger partial charge in [0.15, 0.2) is 5.69 Å². The zero-order chi connectivity index (χ0) is 12.7. The average Bonchev–Trinajstić information content (AvgIpc) is 2.79. The van der Waals surface area contributed by atoms with Gasteiger partial charge >= 0.3 is 0 Å². The van der Waals surface area contributed by atoms with Crippen molar-refractivity contribution in [3.63, 3.8) is 0 Å². The summed E-state index contributed by atoms with van der Waals surface area (Å²) in [6, 6.07) is 0. The van der Waals surface area contributed by atoms with E-state index in [1.807, 2.05) is 6.92 Å². The van der Waals surface area contributed by atoms with Crippen molar-refractivity contribution in [2.24, 2.45) is 5.73 Å². The van der Waals surface area contributed by atoms with Gasteiger partial charge in [-0.3, -0.25) is 9.48 Å². The summed E-state index contributed by atoms with van der Waals surface area (Å²) in [6.45, 7) is 4.62. The van der Waals surface area contributed by atoms with Crippen LogP contribution in [0.5, 0.6) is 0 Å². The highest BCUT2D eigenvalue weighted by Crippen LogP contribution is 2.00. The van der Waals surface area contributed by atoms with E-state index in [4.69, 9.17) is 10.5 Å². The molecule has 0 aliphatic carbocycles. The number of methoxy groups -OCH3 is 1. The summed E-state index contributed by atoms with van der Waals surface area (Å²) in [5.74, 6) is -0.132. The molecular weight excluding hydrogens is 222 g/mol. The van der Waals surface area contributed by atoms with Crippen molar-refractivity contribution >= 4 is 5.91 Å². The van der Waals surface area contributed by atoms with E-state index in [2.05, 4.69) is 10.3 Å². The van der Waals surface area contributed by atoms with Crippen LogP contribution >= 0.6 is 0 Å². The number of rotatable bonds is 7. The van der Waals surface area contributed by atoms with Crippen LogP contribution in [0.3, 0.4) is 0 Å². The lowest BCUT2D eigenvalue weighted by molar-refractivity contribution is 0.0700. The fraction of sp³-hybridized carbons (Fsp3) is 0.700. The van der Waals surface area contributed by atoms with Gasteiger partial charge in [0.1, 0.15) is 0 Å². The molecule has 2 N–H and O–H groups in total. The van der Waals surface area contributed by atoms with Crippen LogP contribution in [0, 0.1) is 0 Å². The molecule has 7 heteroatoms. The fourth-order valence-electron chi connectivity index (χ4n) is 1.40. The lowest BCUT2D eigenvalue weighted by Gasteiger charge is -2.18. The van der Waals surface area contributed by atoms with Gasteiger partial charge in [-0.05, 0) is 6.92 Å². The Morgan fingerprint density at radius 3 is 3.00 bits per heavy atom. The van der Waals surface area contributed by atoms with E-state index in [1.54, 1.807) is 22.9 Å². The highest BCUT2D eigenvalue weighted by Gasteiger charge is 2.17. The third kappa shape index (κ3) is 3.79. The number of carbonyl (C=O) groups is 1. The molecule has 17 heavy (non-hydrogen) atoms. The van der Waals surface area contributed by atoms with Crippen molar-refractivity contribution in [3.05, 3.63) is 11.9 Å². The number of hydrogen-bond donors (Lipinski definition) is 1. The molecule has 1 rings (SSSR count). The minimum Gasteiger partial charge on any atom is -0.383 e. The van der Waals surface area contributed by atoms with Crippen molar-refractivity contribution in [2.45, 2.75) is 13.5 Å². The molecule has 1 aromatic heterocycles. The number of aromatic nitrogens is 3. The predicted molar refractivity (Wildman–Crippen MR) is 62.5 cm³/mol. The lowest BCUT2D eigenvalue weighted by atomic mass is 10.3. The van der Waals surface area contributed by atoms with Gasteiger partial charge in [0, 0.05) is 26.7 Å². The Labute approximate surface area is 101 Å². The Balaban J connectivity index is 2.65. The van der Waals surface area contributed by atoms with Gasteiger partial charge < -0.3 is 15.4 Å². The number of likely N-dealkylation sites (N-methyl/N-ethyl adjacent to an activating group) is 1. The zero-order valence-electron chi connectivity index (χ0n) is 10.3. The van der Waals surface area contributed by atoms with Gasteiger partial charge in [-0.1, -0.05) is 5.21 Å². The molecule has 0 spiro atoms. The molecule has 0 atom stereocenters. The SMILES string of the molecule is CCN(CCOC)C(=O)c1cn(CCN)nn1. The number of hydrogen-bond acceptors (Lipinski definition) is 5. The van der Waals surface area contributed by atoms with E-state index in [1.165, 1.54) is 0 Å². The number of amides is 1. The first-order valence-corrected chi connectivity index (χ1v) is 5.61. The van der Waals surface area contributed by atoms with Gasteiger partial charge in [-0.25, -0.2) is 0 Å². The van der Waals surface area contributed by atoms with E-state index in [-0.39, 0.29) is 5.91 Å². The standard InChI is InChI=1S/C10H19N5O2/c1-3-14(6-7-17-2)10(16)9-8-15(5-4-11)13-12-9/h8H,3-7,11H2,1-2H3. The van der Waals surface area contributed by atoms with Crippen LogP contribution in [0.1, 0.15) is 17.4 Å². The minimum atomic E-state index is -0.132. The van der Waals surface area contributed by atoms with Crippen LogP contribution < -0.4 is 5.73 Å². The highest BCUT2D eigenvalue weighted by molar-refractivity contribution is 5.91. The van der Waals surface area contributed by atoms with Gasteiger partial charge in [0.25, 0.3) is 5.91 Å². The summed E-state index contributed by atoms with van der Waals surface area (Å²) in [5, 5.41) is 7.67. The zero-order valence-corrected chi connectivity index (χ0v) is 10.3. The summed E-state index contributed by atoms with van der Waals surface area (Å²) in [7, 11) is 1.61. The number of carbonyl (C=O) groups excluding carboxylic acids is 1. The molecule has 1 aromatic rings. The van der Waals surface area contributed by atoms with Crippen molar-refractivity contribution in [2.75, 3.05) is 33.4 Å². The second-order valence-electron chi connectivity index (χ2n) is 3.53. The molecule has 0 bridgehead atoms. The summed E-state index contributed by atoms with van der Waals surface area (Å²) < 4.78 is 6.52. The van der Waals surface area contributed by atoms with Crippen LogP contribution in [-0.4, -0.2) is 59.2 Å². The Hall–Kier alpha value is -1.47. The van der Waals surface area contributed by atoms with E-state index >= 15 is 0 Å². The number of ether oxygens (including phenoxy) is 1. The highest BCUT2D eigenvalue weighted by atomic mass is 16.5. The Kier molecular flexibility index (Phi) is 5.58. The molecule has 0 radical (unpaired) electrons. The maximum Gasteiger partial charge on any atom is 0.276 e. The third-order valence-electron chi connectivity index (χ3n) is 2.35. The Morgan fingerprint density at radius 2 is 2.41 bits per heavy atom. The summed E-state index contributed by atoms with van der Waals surface area (Å²) >= 11 is 0. The quantitative estimate of drug-likeness (QED) is 0.685. The van der Waals surface area contributed by atoms with E-state index in [9.17, 15) is 4.79 Å². The van der Waals surface area contributed by atoms with Crippen LogP contribution in [-0.2, 0) is 11.3 Å². The maximum absolute atomic E-state index is 12.0. The third-order valence-corrected chi connectivity index (χ3v) is 2.35. The Morgan fingerprint density at radius 1 is 1.65 bits per heavy atom. The molecule has 1 heterocycles. The van der Waals surface area contributed by atoms with Gasteiger partial charge in [-0.2, -0.15) is 0 Å². The molecular formula is C10H19N5O2. The predicted octanol–water partition coefficient (Wildman–Crippen LogP) is -0.655. The fourth-order valence-corrected chi connectivity index (χ4v) is 1.40. The van der Waals surface area contributed by atoms with E-state index < -0.39 is 0 Å². The van der Waals surface area contributed by atoms with Crippen molar-refractivity contribution in [1.82, 2.24) is 19.9 Å². The second-order valence-corrected chi connectivity index (χ2v) is 3.53. The molecule has 0 aliphatic heterocycles. The molecule has 0 aliphatic rings. The molecule has 0 unspecified atom stereocenters. The first-order chi connectivity index (χ1) is 8.22.